The average Bonchev–Trinajstić information content (AvgIpc) is 2.46. The van der Waals surface area contributed by atoms with Crippen molar-refractivity contribution in [3.8, 4) is 11.5 Å². The van der Waals surface area contributed by atoms with Gasteiger partial charge in [-0.15, -0.1) is 0 Å². The summed E-state index contributed by atoms with van der Waals surface area (Å²) in [7, 11) is 0. The van der Waals surface area contributed by atoms with Crippen molar-refractivity contribution in [2.24, 2.45) is 0 Å². The van der Waals surface area contributed by atoms with Crippen molar-refractivity contribution in [3.05, 3.63) is 47.5 Å². The van der Waals surface area contributed by atoms with Crippen molar-refractivity contribution in [2.75, 3.05) is 18.1 Å². The van der Waals surface area contributed by atoms with Crippen LogP contribution in [-0.2, 0) is 0 Å². The fourth-order valence-electron chi connectivity index (χ4n) is 2.28. The minimum absolute atomic E-state index is 0.0544. The zero-order valence-electron chi connectivity index (χ0n) is 11.3. The van der Waals surface area contributed by atoms with Gasteiger partial charge in [-0.1, -0.05) is 12.1 Å². The molecule has 0 aliphatic heterocycles. The molecule has 0 radical (unpaired) electrons. The zero-order valence-corrected chi connectivity index (χ0v) is 11.3. The van der Waals surface area contributed by atoms with Crippen LogP contribution in [0.3, 0.4) is 0 Å². The largest absolute Gasteiger partial charge is 0.506 e. The number of hydrogen-bond donors (Lipinski definition) is 6. The number of nitrogen functional groups attached to an aromatic ring is 2. The average molecular weight is 290 g/mol. The van der Waals surface area contributed by atoms with E-state index in [1.165, 1.54) is 24.3 Å². The van der Waals surface area contributed by atoms with Gasteiger partial charge in [0.05, 0.1) is 24.1 Å². The van der Waals surface area contributed by atoms with Gasteiger partial charge in [-0.25, -0.2) is 0 Å². The summed E-state index contributed by atoms with van der Waals surface area (Å²) >= 11 is 0. The lowest BCUT2D eigenvalue weighted by molar-refractivity contribution is 0.0823. The van der Waals surface area contributed by atoms with Crippen LogP contribution in [0.15, 0.2) is 36.4 Å². The number of nitrogens with two attached hydrogens (primary N) is 2. The molecule has 1 unspecified atom stereocenters. The fourth-order valence-corrected chi connectivity index (χ4v) is 2.28. The third-order valence-corrected chi connectivity index (χ3v) is 3.39. The smallest absolute Gasteiger partial charge is 0.138 e. The summed E-state index contributed by atoms with van der Waals surface area (Å²) in [6.45, 7) is -0.452. The number of anilines is 2. The van der Waals surface area contributed by atoms with E-state index in [1.54, 1.807) is 12.1 Å². The molecule has 6 heteroatoms. The van der Waals surface area contributed by atoms with Gasteiger partial charge >= 0.3 is 0 Å². The highest BCUT2D eigenvalue weighted by Gasteiger charge is 2.24. The molecular formula is C15H18N2O4. The quantitative estimate of drug-likeness (QED) is 0.363. The minimum Gasteiger partial charge on any atom is -0.506 e. The van der Waals surface area contributed by atoms with E-state index in [9.17, 15) is 20.4 Å². The molecule has 0 saturated carbocycles. The number of phenols is 2. The number of aromatic hydroxyl groups is 2. The molecule has 21 heavy (non-hydrogen) atoms. The molecule has 0 aliphatic rings. The molecule has 0 aliphatic carbocycles. The van der Waals surface area contributed by atoms with Crippen molar-refractivity contribution in [2.45, 2.75) is 12.0 Å². The van der Waals surface area contributed by atoms with Gasteiger partial charge in [0, 0.05) is 5.92 Å². The van der Waals surface area contributed by atoms with Crippen LogP contribution < -0.4 is 11.5 Å². The van der Waals surface area contributed by atoms with Gasteiger partial charge < -0.3 is 31.9 Å². The third kappa shape index (κ3) is 3.01. The standard InChI is InChI=1S/C15H18N2O4/c16-10-5-8(1-3-12(10)19)15(14(21)7-18)9-2-4-13(20)11(17)6-9/h1-6,14-15,18-21H,7,16-17H2. The monoisotopic (exact) mass is 290 g/mol. The molecule has 0 saturated heterocycles. The van der Waals surface area contributed by atoms with E-state index in [0.29, 0.717) is 11.1 Å². The summed E-state index contributed by atoms with van der Waals surface area (Å²) in [5.41, 5.74) is 12.9. The molecule has 8 N–H and O–H groups in total. The van der Waals surface area contributed by atoms with E-state index in [4.69, 9.17) is 11.5 Å². The summed E-state index contributed by atoms with van der Waals surface area (Å²) in [4.78, 5) is 0. The van der Waals surface area contributed by atoms with Crippen LogP contribution >= 0.6 is 0 Å². The Labute approximate surface area is 121 Å². The lowest BCUT2D eigenvalue weighted by Crippen LogP contribution is -2.23. The highest BCUT2D eigenvalue weighted by Crippen LogP contribution is 2.34. The Morgan fingerprint density at radius 3 is 1.62 bits per heavy atom. The first kappa shape index (κ1) is 15.0. The van der Waals surface area contributed by atoms with E-state index < -0.39 is 18.6 Å². The molecule has 2 aromatic carbocycles. The molecule has 0 fully saturated rings. The Bertz CT molecular complexity index is 594. The Hall–Kier alpha value is -2.44. The van der Waals surface area contributed by atoms with Crippen molar-refractivity contribution in [1.29, 1.82) is 0 Å². The maximum Gasteiger partial charge on any atom is 0.138 e. The number of rotatable bonds is 4. The third-order valence-electron chi connectivity index (χ3n) is 3.39. The van der Waals surface area contributed by atoms with Crippen LogP contribution in [-0.4, -0.2) is 33.1 Å². The second-order valence-electron chi connectivity index (χ2n) is 4.86. The summed E-state index contributed by atoms with van der Waals surface area (Å²) in [6.07, 6.45) is -1.07. The molecule has 0 heterocycles. The van der Waals surface area contributed by atoms with E-state index in [2.05, 4.69) is 0 Å². The van der Waals surface area contributed by atoms with Gasteiger partial charge in [0.2, 0.25) is 0 Å². The molecule has 2 aromatic rings. The molecule has 1 atom stereocenters. The van der Waals surface area contributed by atoms with Crippen molar-refractivity contribution in [1.82, 2.24) is 0 Å². The molecule has 0 spiro atoms. The fraction of sp³-hybridized carbons (Fsp3) is 0.200. The molecule has 0 amide bonds. The first-order chi connectivity index (χ1) is 9.93. The Morgan fingerprint density at radius 1 is 0.857 bits per heavy atom. The summed E-state index contributed by atoms with van der Waals surface area (Å²) < 4.78 is 0. The lowest BCUT2D eigenvalue weighted by Gasteiger charge is -2.23. The van der Waals surface area contributed by atoms with Gasteiger partial charge in [-0.05, 0) is 35.4 Å². The van der Waals surface area contributed by atoms with Crippen LogP contribution in [0, 0.1) is 0 Å². The SMILES string of the molecule is Nc1cc(C(c2ccc(O)c(N)c2)C(O)CO)ccc1O. The first-order valence-corrected chi connectivity index (χ1v) is 6.39. The zero-order chi connectivity index (χ0) is 15.6. The number of aliphatic hydroxyl groups is 2. The Balaban J connectivity index is 2.51. The van der Waals surface area contributed by atoms with Crippen molar-refractivity contribution < 1.29 is 20.4 Å². The highest BCUT2D eigenvalue weighted by atomic mass is 16.3. The van der Waals surface area contributed by atoms with E-state index in [1.807, 2.05) is 0 Å². The topological polar surface area (TPSA) is 133 Å². The van der Waals surface area contributed by atoms with Gasteiger partial charge in [-0.2, -0.15) is 0 Å². The molecule has 0 bridgehead atoms. The Morgan fingerprint density at radius 2 is 1.29 bits per heavy atom. The highest BCUT2D eigenvalue weighted by molar-refractivity contribution is 5.58. The predicted molar refractivity (Wildman–Crippen MR) is 80.0 cm³/mol. The second-order valence-corrected chi connectivity index (χ2v) is 4.86. The molecular weight excluding hydrogens is 272 g/mol. The number of benzene rings is 2. The molecule has 112 valence electrons. The van der Waals surface area contributed by atoms with E-state index in [-0.39, 0.29) is 22.9 Å². The lowest BCUT2D eigenvalue weighted by atomic mass is 9.86. The van der Waals surface area contributed by atoms with E-state index in [0.717, 1.165) is 0 Å². The molecule has 6 nitrogen and oxygen atoms in total. The van der Waals surface area contributed by atoms with Crippen LogP contribution in [0.1, 0.15) is 17.0 Å². The number of aliphatic hydroxyl groups excluding tert-OH is 2. The summed E-state index contributed by atoms with van der Waals surface area (Å²) in [6, 6.07) is 9.12. The van der Waals surface area contributed by atoms with Crippen LogP contribution in [0.5, 0.6) is 11.5 Å². The Kier molecular flexibility index (Phi) is 4.21. The minimum atomic E-state index is -1.07. The van der Waals surface area contributed by atoms with Crippen LogP contribution in [0.4, 0.5) is 11.4 Å². The van der Waals surface area contributed by atoms with Gasteiger partial charge in [0.15, 0.2) is 0 Å². The maximum absolute atomic E-state index is 10.1. The van der Waals surface area contributed by atoms with Gasteiger partial charge in [-0.3, -0.25) is 0 Å². The van der Waals surface area contributed by atoms with Crippen molar-refractivity contribution >= 4 is 11.4 Å². The normalized spacial score (nSPS) is 12.5. The van der Waals surface area contributed by atoms with Gasteiger partial charge in [0.25, 0.3) is 0 Å². The van der Waals surface area contributed by atoms with Gasteiger partial charge in [0.1, 0.15) is 11.5 Å². The molecule has 0 aromatic heterocycles. The number of hydrogen-bond acceptors (Lipinski definition) is 6. The van der Waals surface area contributed by atoms with Crippen molar-refractivity contribution in [3.63, 3.8) is 0 Å². The number of phenolic OH excluding ortho intramolecular Hbond substituents is 2. The summed E-state index contributed by atoms with van der Waals surface area (Å²) in [5, 5.41) is 38.3. The van der Waals surface area contributed by atoms with E-state index >= 15 is 0 Å². The summed E-state index contributed by atoms with van der Waals surface area (Å²) in [5.74, 6) is -0.691. The predicted octanol–water partition coefficient (Wildman–Crippen LogP) is 0.747. The van der Waals surface area contributed by atoms with Crippen LogP contribution in [0.2, 0.25) is 0 Å². The first-order valence-electron chi connectivity index (χ1n) is 6.39. The second kappa shape index (κ2) is 5.90. The molecule has 2 rings (SSSR count). The maximum atomic E-state index is 10.1. The van der Waals surface area contributed by atoms with Crippen LogP contribution in [0.25, 0.3) is 0 Å².